The van der Waals surface area contributed by atoms with E-state index in [4.69, 9.17) is 11.2 Å². The summed E-state index contributed by atoms with van der Waals surface area (Å²) < 4.78 is 5.05. The molecule has 0 aromatic carbocycles. The van der Waals surface area contributed by atoms with Gasteiger partial charge in [0.25, 0.3) is 0 Å². The fourth-order valence-corrected chi connectivity index (χ4v) is 2.27. The van der Waals surface area contributed by atoms with Gasteiger partial charge in [-0.15, -0.1) is 6.42 Å². The van der Waals surface area contributed by atoms with Crippen molar-refractivity contribution in [2.45, 2.75) is 45.1 Å². The highest BCUT2D eigenvalue weighted by molar-refractivity contribution is 5.76. The zero-order valence-corrected chi connectivity index (χ0v) is 11.1. The molecule has 0 saturated heterocycles. The summed E-state index contributed by atoms with van der Waals surface area (Å²) in [4.78, 5) is 11.6. The maximum absolute atomic E-state index is 11.6. The third-order valence-electron chi connectivity index (χ3n) is 3.63. The molecule has 2 atom stereocenters. The molecule has 1 aliphatic rings. The van der Waals surface area contributed by atoms with Crippen molar-refractivity contribution in [3.8, 4) is 12.3 Å². The molecule has 1 amide bonds. The van der Waals surface area contributed by atoms with Gasteiger partial charge in [-0.3, -0.25) is 4.79 Å². The Morgan fingerprint density at radius 1 is 1.61 bits per heavy atom. The van der Waals surface area contributed by atoms with Gasteiger partial charge in [-0.2, -0.15) is 0 Å². The lowest BCUT2D eigenvalue weighted by Gasteiger charge is -2.38. The SMILES string of the molecule is C#CCOCCC(=O)NCC1(C)CCCCC1O. The molecule has 2 unspecified atom stereocenters. The number of aliphatic hydroxyl groups excluding tert-OH is 1. The quantitative estimate of drug-likeness (QED) is 0.550. The van der Waals surface area contributed by atoms with Gasteiger partial charge < -0.3 is 15.2 Å². The first-order valence-corrected chi connectivity index (χ1v) is 6.54. The molecule has 0 spiro atoms. The Bertz CT molecular complexity index is 311. The van der Waals surface area contributed by atoms with Crippen molar-refractivity contribution >= 4 is 5.91 Å². The van der Waals surface area contributed by atoms with E-state index in [9.17, 15) is 9.90 Å². The van der Waals surface area contributed by atoms with Gasteiger partial charge in [-0.1, -0.05) is 25.7 Å². The normalized spacial score (nSPS) is 27.5. The van der Waals surface area contributed by atoms with Gasteiger partial charge >= 0.3 is 0 Å². The molecule has 0 aromatic heterocycles. The number of hydrogen-bond donors (Lipinski definition) is 2. The minimum absolute atomic E-state index is 0.0500. The van der Waals surface area contributed by atoms with Crippen LogP contribution in [0.3, 0.4) is 0 Å². The Hall–Kier alpha value is -1.05. The number of amides is 1. The summed E-state index contributed by atoms with van der Waals surface area (Å²) in [5.41, 5.74) is -0.187. The second kappa shape index (κ2) is 7.40. The Kier molecular flexibility index (Phi) is 6.17. The van der Waals surface area contributed by atoms with E-state index in [0.717, 1.165) is 25.7 Å². The summed E-state index contributed by atoms with van der Waals surface area (Å²) in [5.74, 6) is 2.30. The van der Waals surface area contributed by atoms with Crippen LogP contribution in [0.15, 0.2) is 0 Å². The monoisotopic (exact) mass is 253 g/mol. The molecule has 1 aliphatic carbocycles. The van der Waals surface area contributed by atoms with Crippen LogP contribution in [0.4, 0.5) is 0 Å². The molecule has 2 N–H and O–H groups in total. The first-order chi connectivity index (χ1) is 8.58. The first kappa shape index (κ1) is 15.0. The van der Waals surface area contributed by atoms with Crippen LogP contribution >= 0.6 is 0 Å². The molecule has 0 bridgehead atoms. The number of ether oxygens (including phenoxy) is 1. The Morgan fingerprint density at radius 2 is 2.39 bits per heavy atom. The standard InChI is InChI=1S/C14H23NO3/c1-3-9-18-10-7-13(17)15-11-14(2)8-5-4-6-12(14)16/h1,12,16H,4-11H2,2H3,(H,15,17). The van der Waals surface area contributed by atoms with Crippen molar-refractivity contribution < 1.29 is 14.6 Å². The van der Waals surface area contributed by atoms with Crippen LogP contribution < -0.4 is 5.32 Å². The summed E-state index contributed by atoms with van der Waals surface area (Å²) in [6.45, 7) is 3.15. The predicted octanol–water partition coefficient (Wildman–Crippen LogP) is 1.08. The van der Waals surface area contributed by atoms with Crippen LogP contribution in [0.25, 0.3) is 0 Å². The molecule has 1 rings (SSSR count). The highest BCUT2D eigenvalue weighted by atomic mass is 16.5. The second-order valence-electron chi connectivity index (χ2n) is 5.20. The van der Waals surface area contributed by atoms with Gasteiger partial charge in [0.1, 0.15) is 6.61 Å². The second-order valence-corrected chi connectivity index (χ2v) is 5.20. The van der Waals surface area contributed by atoms with Crippen molar-refractivity contribution in [2.24, 2.45) is 5.41 Å². The van der Waals surface area contributed by atoms with E-state index in [1.54, 1.807) is 0 Å². The van der Waals surface area contributed by atoms with Gasteiger partial charge in [0.15, 0.2) is 0 Å². The molecule has 18 heavy (non-hydrogen) atoms. The van der Waals surface area contributed by atoms with Crippen molar-refractivity contribution in [3.63, 3.8) is 0 Å². The summed E-state index contributed by atoms with van der Waals surface area (Å²) >= 11 is 0. The van der Waals surface area contributed by atoms with Gasteiger partial charge in [0.05, 0.1) is 19.1 Å². The van der Waals surface area contributed by atoms with Crippen molar-refractivity contribution in [1.82, 2.24) is 5.32 Å². The number of rotatable bonds is 6. The number of nitrogens with one attached hydrogen (secondary N) is 1. The molecule has 0 heterocycles. The lowest BCUT2D eigenvalue weighted by Crippen LogP contribution is -2.45. The number of carbonyl (C=O) groups excluding carboxylic acids is 1. The maximum atomic E-state index is 11.6. The van der Waals surface area contributed by atoms with E-state index in [0.29, 0.717) is 19.6 Å². The van der Waals surface area contributed by atoms with E-state index in [-0.39, 0.29) is 24.0 Å². The maximum Gasteiger partial charge on any atom is 0.222 e. The molecular weight excluding hydrogens is 230 g/mol. The number of terminal acetylenes is 1. The number of hydrogen-bond acceptors (Lipinski definition) is 3. The van der Waals surface area contributed by atoms with Crippen LogP contribution in [-0.2, 0) is 9.53 Å². The Labute approximate surface area is 109 Å². The zero-order chi connectivity index (χ0) is 13.4. The molecular formula is C14H23NO3. The Balaban J connectivity index is 2.22. The average Bonchev–Trinajstić information content (AvgIpc) is 2.36. The van der Waals surface area contributed by atoms with Crippen LogP contribution in [0.5, 0.6) is 0 Å². The molecule has 0 aliphatic heterocycles. The summed E-state index contributed by atoms with van der Waals surface area (Å²) in [5, 5.41) is 12.9. The van der Waals surface area contributed by atoms with Crippen molar-refractivity contribution in [1.29, 1.82) is 0 Å². The van der Waals surface area contributed by atoms with Gasteiger partial charge in [0.2, 0.25) is 5.91 Å². The third kappa shape index (κ3) is 4.67. The van der Waals surface area contributed by atoms with E-state index in [2.05, 4.69) is 11.2 Å². The van der Waals surface area contributed by atoms with Gasteiger partial charge in [-0.05, 0) is 12.8 Å². The van der Waals surface area contributed by atoms with Crippen molar-refractivity contribution in [2.75, 3.05) is 19.8 Å². The Morgan fingerprint density at radius 3 is 3.06 bits per heavy atom. The first-order valence-electron chi connectivity index (χ1n) is 6.54. The number of aliphatic hydroxyl groups is 1. The molecule has 4 heteroatoms. The third-order valence-corrected chi connectivity index (χ3v) is 3.63. The minimum atomic E-state index is -0.316. The zero-order valence-electron chi connectivity index (χ0n) is 11.1. The average molecular weight is 253 g/mol. The van der Waals surface area contributed by atoms with E-state index in [1.165, 1.54) is 0 Å². The van der Waals surface area contributed by atoms with Crippen molar-refractivity contribution in [3.05, 3.63) is 0 Å². The van der Waals surface area contributed by atoms with Crippen LogP contribution in [0, 0.1) is 17.8 Å². The largest absolute Gasteiger partial charge is 0.392 e. The number of carbonyl (C=O) groups is 1. The molecule has 1 fully saturated rings. The van der Waals surface area contributed by atoms with Gasteiger partial charge in [-0.25, -0.2) is 0 Å². The molecule has 0 aromatic rings. The molecule has 102 valence electrons. The van der Waals surface area contributed by atoms with E-state index < -0.39 is 0 Å². The fourth-order valence-electron chi connectivity index (χ4n) is 2.27. The van der Waals surface area contributed by atoms with Crippen LogP contribution in [0.1, 0.15) is 39.0 Å². The highest BCUT2D eigenvalue weighted by Crippen LogP contribution is 2.35. The lowest BCUT2D eigenvalue weighted by molar-refractivity contribution is -0.123. The summed E-state index contributed by atoms with van der Waals surface area (Å²) in [7, 11) is 0. The summed E-state index contributed by atoms with van der Waals surface area (Å²) in [6, 6.07) is 0. The minimum Gasteiger partial charge on any atom is -0.392 e. The van der Waals surface area contributed by atoms with Crippen LogP contribution in [-0.4, -0.2) is 36.9 Å². The molecule has 1 saturated carbocycles. The molecule has 4 nitrogen and oxygen atoms in total. The fraction of sp³-hybridized carbons (Fsp3) is 0.786. The topological polar surface area (TPSA) is 58.6 Å². The lowest BCUT2D eigenvalue weighted by atomic mass is 9.73. The predicted molar refractivity (Wildman–Crippen MR) is 69.9 cm³/mol. The highest BCUT2D eigenvalue weighted by Gasteiger charge is 2.35. The van der Waals surface area contributed by atoms with Crippen LogP contribution in [0.2, 0.25) is 0 Å². The van der Waals surface area contributed by atoms with E-state index >= 15 is 0 Å². The van der Waals surface area contributed by atoms with E-state index in [1.807, 2.05) is 6.92 Å². The smallest absolute Gasteiger partial charge is 0.222 e. The molecule has 0 radical (unpaired) electrons. The van der Waals surface area contributed by atoms with Gasteiger partial charge in [0, 0.05) is 12.0 Å². The summed E-state index contributed by atoms with van der Waals surface area (Å²) in [6.07, 6.45) is 9.01.